The first-order valence-electron chi connectivity index (χ1n) is 6.32. The van der Waals surface area contributed by atoms with Gasteiger partial charge in [0.25, 0.3) is 0 Å². The summed E-state index contributed by atoms with van der Waals surface area (Å²) in [5.74, 6) is 0.578. The Bertz CT molecular complexity index is 603. The van der Waals surface area contributed by atoms with Crippen molar-refractivity contribution in [3.63, 3.8) is 0 Å². The van der Waals surface area contributed by atoms with Gasteiger partial charge in [0.15, 0.2) is 0 Å². The van der Waals surface area contributed by atoms with Crippen LogP contribution in [0.2, 0.25) is 0 Å². The van der Waals surface area contributed by atoms with Crippen LogP contribution in [-0.2, 0) is 0 Å². The maximum Gasteiger partial charge on any atom is 0.347 e. The number of ether oxygens (including phenoxy) is 2. The number of rotatable bonds is 5. The van der Waals surface area contributed by atoms with Crippen molar-refractivity contribution >= 4 is 5.97 Å². The molecule has 0 amide bonds. The Morgan fingerprint density at radius 3 is 2.65 bits per heavy atom. The van der Waals surface area contributed by atoms with Crippen molar-refractivity contribution in [2.45, 2.75) is 6.92 Å². The van der Waals surface area contributed by atoms with E-state index in [0.717, 1.165) is 5.56 Å². The minimum Gasteiger partial charge on any atom is -0.489 e. The van der Waals surface area contributed by atoms with Crippen LogP contribution in [0.5, 0.6) is 11.5 Å². The smallest absolute Gasteiger partial charge is 0.347 e. The number of aryl methyl sites for hydroxylation is 1. The molecule has 2 rings (SSSR count). The molecule has 0 unspecified atom stereocenters. The van der Waals surface area contributed by atoms with Crippen LogP contribution in [0.1, 0.15) is 15.9 Å². The van der Waals surface area contributed by atoms with Crippen molar-refractivity contribution < 1.29 is 14.3 Å². The van der Waals surface area contributed by atoms with E-state index in [1.165, 1.54) is 0 Å². The summed E-state index contributed by atoms with van der Waals surface area (Å²) in [5, 5.41) is 0. The topological polar surface area (TPSA) is 35.5 Å². The number of hydrogen-bond acceptors (Lipinski definition) is 3. The third kappa shape index (κ3) is 3.48. The zero-order chi connectivity index (χ0) is 14.4. The van der Waals surface area contributed by atoms with E-state index < -0.39 is 5.97 Å². The molecule has 0 saturated heterocycles. The molecule has 0 radical (unpaired) electrons. The predicted octanol–water partition coefficient (Wildman–Crippen LogP) is 3.78. The van der Waals surface area contributed by atoms with Crippen LogP contribution in [0.15, 0.2) is 61.2 Å². The Labute approximate surface area is 118 Å². The van der Waals surface area contributed by atoms with Gasteiger partial charge < -0.3 is 9.47 Å². The second-order valence-corrected chi connectivity index (χ2v) is 4.30. The summed E-state index contributed by atoms with van der Waals surface area (Å²) in [6.45, 7) is 5.88. The molecule has 0 N–H and O–H groups in total. The third-order valence-corrected chi connectivity index (χ3v) is 2.67. The van der Waals surface area contributed by atoms with Gasteiger partial charge in [-0.25, -0.2) is 4.79 Å². The minimum atomic E-state index is -0.435. The van der Waals surface area contributed by atoms with Crippen LogP contribution in [0.3, 0.4) is 0 Å². The molecule has 3 heteroatoms. The summed E-state index contributed by atoms with van der Waals surface area (Å²) in [6.07, 6.45) is 1.63. The molecule has 2 aromatic carbocycles. The molecule has 0 atom stereocenters. The lowest BCUT2D eigenvalue weighted by Gasteiger charge is -2.10. The molecule has 20 heavy (non-hydrogen) atoms. The molecule has 0 aliphatic heterocycles. The Balaban J connectivity index is 2.22. The highest BCUT2D eigenvalue weighted by molar-refractivity contribution is 5.94. The first-order valence-corrected chi connectivity index (χ1v) is 6.32. The van der Waals surface area contributed by atoms with Crippen molar-refractivity contribution in [2.75, 3.05) is 6.61 Å². The summed E-state index contributed by atoms with van der Waals surface area (Å²) in [4.78, 5) is 12.2. The molecule has 3 nitrogen and oxygen atoms in total. The Kier molecular flexibility index (Phi) is 4.56. The summed E-state index contributed by atoms with van der Waals surface area (Å²) >= 11 is 0. The van der Waals surface area contributed by atoms with Gasteiger partial charge in [-0.05, 0) is 36.8 Å². The van der Waals surface area contributed by atoms with Crippen molar-refractivity contribution in [1.29, 1.82) is 0 Å². The minimum absolute atomic E-state index is 0.342. The average molecular weight is 268 g/mol. The van der Waals surface area contributed by atoms with Gasteiger partial charge in [0, 0.05) is 0 Å². The first-order chi connectivity index (χ1) is 9.70. The van der Waals surface area contributed by atoms with E-state index in [1.54, 1.807) is 24.3 Å². The molecule has 0 bridgehead atoms. The zero-order valence-electron chi connectivity index (χ0n) is 11.3. The fourth-order valence-electron chi connectivity index (χ4n) is 1.72. The van der Waals surface area contributed by atoms with E-state index >= 15 is 0 Å². The SMILES string of the molecule is C=CCOc1cc(C)ccc1C(=O)Oc1ccccc1. The normalized spacial score (nSPS) is 9.85. The first kappa shape index (κ1) is 13.9. The molecule has 0 aliphatic carbocycles. The summed E-state index contributed by atoms with van der Waals surface area (Å²) < 4.78 is 10.8. The second-order valence-electron chi connectivity index (χ2n) is 4.30. The summed E-state index contributed by atoms with van der Waals surface area (Å²) in [6, 6.07) is 14.3. The fourth-order valence-corrected chi connectivity index (χ4v) is 1.72. The molecule has 2 aromatic rings. The predicted molar refractivity (Wildman–Crippen MR) is 78.3 cm³/mol. The maximum atomic E-state index is 12.2. The Hall–Kier alpha value is -2.55. The van der Waals surface area contributed by atoms with Gasteiger partial charge in [0.1, 0.15) is 23.7 Å². The highest BCUT2D eigenvalue weighted by atomic mass is 16.5. The molecule has 102 valence electrons. The van der Waals surface area contributed by atoms with E-state index in [-0.39, 0.29) is 0 Å². The highest BCUT2D eigenvalue weighted by Gasteiger charge is 2.15. The van der Waals surface area contributed by atoms with E-state index in [1.807, 2.05) is 37.3 Å². The monoisotopic (exact) mass is 268 g/mol. The maximum absolute atomic E-state index is 12.2. The second kappa shape index (κ2) is 6.57. The lowest BCUT2D eigenvalue weighted by molar-refractivity contribution is 0.0731. The van der Waals surface area contributed by atoms with E-state index in [4.69, 9.17) is 9.47 Å². The van der Waals surface area contributed by atoms with Crippen LogP contribution >= 0.6 is 0 Å². The van der Waals surface area contributed by atoms with Crippen molar-refractivity contribution in [3.8, 4) is 11.5 Å². The van der Waals surface area contributed by atoms with Gasteiger partial charge in [-0.3, -0.25) is 0 Å². The third-order valence-electron chi connectivity index (χ3n) is 2.67. The number of carbonyl (C=O) groups excluding carboxylic acids is 1. The zero-order valence-corrected chi connectivity index (χ0v) is 11.3. The largest absolute Gasteiger partial charge is 0.489 e. The molecule has 0 aliphatic rings. The van der Waals surface area contributed by atoms with E-state index in [2.05, 4.69) is 6.58 Å². The molecule has 0 spiro atoms. The molecule has 0 fully saturated rings. The van der Waals surface area contributed by atoms with Gasteiger partial charge in [-0.15, -0.1) is 0 Å². The fraction of sp³-hybridized carbons (Fsp3) is 0.118. The highest BCUT2D eigenvalue weighted by Crippen LogP contribution is 2.22. The molecular formula is C17H16O3. The molecule has 0 aromatic heterocycles. The van der Waals surface area contributed by atoms with Crippen LogP contribution in [0.4, 0.5) is 0 Å². The number of benzene rings is 2. The number of para-hydroxylation sites is 1. The van der Waals surface area contributed by atoms with Crippen LogP contribution < -0.4 is 9.47 Å². The van der Waals surface area contributed by atoms with Crippen LogP contribution in [0.25, 0.3) is 0 Å². The van der Waals surface area contributed by atoms with Gasteiger partial charge in [0.05, 0.1) is 0 Å². The standard InChI is InChI=1S/C17H16O3/c1-3-11-19-16-12-13(2)9-10-15(16)17(18)20-14-7-5-4-6-8-14/h3-10,12H,1,11H2,2H3. The van der Waals surface area contributed by atoms with E-state index in [0.29, 0.717) is 23.7 Å². The van der Waals surface area contributed by atoms with Gasteiger partial charge in [-0.1, -0.05) is 36.9 Å². The van der Waals surface area contributed by atoms with Crippen molar-refractivity contribution in [1.82, 2.24) is 0 Å². The van der Waals surface area contributed by atoms with Crippen molar-refractivity contribution in [3.05, 3.63) is 72.3 Å². The van der Waals surface area contributed by atoms with Gasteiger partial charge in [0.2, 0.25) is 0 Å². The molecule has 0 heterocycles. The van der Waals surface area contributed by atoms with Crippen LogP contribution in [-0.4, -0.2) is 12.6 Å². The van der Waals surface area contributed by atoms with Gasteiger partial charge >= 0.3 is 5.97 Å². The number of esters is 1. The van der Waals surface area contributed by atoms with Crippen LogP contribution in [0, 0.1) is 6.92 Å². The number of hydrogen-bond donors (Lipinski definition) is 0. The quantitative estimate of drug-likeness (QED) is 0.470. The lowest BCUT2D eigenvalue weighted by Crippen LogP contribution is -2.11. The van der Waals surface area contributed by atoms with Crippen molar-refractivity contribution in [2.24, 2.45) is 0 Å². The summed E-state index contributed by atoms with van der Waals surface area (Å²) in [5.41, 5.74) is 1.42. The average Bonchev–Trinajstić information content (AvgIpc) is 2.46. The lowest BCUT2D eigenvalue weighted by atomic mass is 10.1. The summed E-state index contributed by atoms with van der Waals surface area (Å²) in [7, 11) is 0. The molecule has 0 saturated carbocycles. The Morgan fingerprint density at radius 2 is 1.95 bits per heavy atom. The van der Waals surface area contributed by atoms with Gasteiger partial charge in [-0.2, -0.15) is 0 Å². The molecular weight excluding hydrogens is 252 g/mol. The Morgan fingerprint density at radius 1 is 1.20 bits per heavy atom. The van der Waals surface area contributed by atoms with E-state index in [9.17, 15) is 4.79 Å². The number of carbonyl (C=O) groups is 1.